The fraction of sp³-hybridized carbons (Fsp3) is 0.923. The van der Waals surface area contributed by atoms with Crippen molar-refractivity contribution in [3.05, 3.63) is 0 Å². The summed E-state index contributed by atoms with van der Waals surface area (Å²) in [6, 6.07) is -0.120. The largest absolute Gasteiger partial charge is 0.394 e. The Labute approximate surface area is 108 Å². The zero-order valence-corrected chi connectivity index (χ0v) is 11.1. The summed E-state index contributed by atoms with van der Waals surface area (Å²) in [6.07, 6.45) is 3.59. The van der Waals surface area contributed by atoms with E-state index in [0.717, 1.165) is 19.4 Å². The maximum absolute atomic E-state index is 12.3. The van der Waals surface area contributed by atoms with E-state index in [2.05, 4.69) is 17.6 Å². The van der Waals surface area contributed by atoms with Crippen molar-refractivity contribution in [3.8, 4) is 0 Å². The summed E-state index contributed by atoms with van der Waals surface area (Å²) in [4.78, 5) is 12.3. The molecule has 2 atom stereocenters. The molecular formula is C13H24N2O3. The number of carbonyl (C=O) groups is 1. The van der Waals surface area contributed by atoms with Crippen molar-refractivity contribution in [1.29, 1.82) is 0 Å². The standard InChI is InChI=1S/C13H24N2O3/c1-10-3-2-6-14-11(10)12(17)15-13(9-16)4-7-18-8-5-13/h10-11,14,16H,2-9H2,1H3,(H,15,17). The number of ether oxygens (including phenoxy) is 1. The van der Waals surface area contributed by atoms with Gasteiger partial charge in [0.15, 0.2) is 0 Å². The van der Waals surface area contributed by atoms with Crippen molar-refractivity contribution in [3.63, 3.8) is 0 Å². The molecule has 0 aromatic carbocycles. The van der Waals surface area contributed by atoms with E-state index in [-0.39, 0.29) is 18.6 Å². The van der Waals surface area contributed by atoms with Gasteiger partial charge in [-0.25, -0.2) is 0 Å². The van der Waals surface area contributed by atoms with E-state index < -0.39 is 5.54 Å². The highest BCUT2D eigenvalue weighted by atomic mass is 16.5. The summed E-state index contributed by atoms with van der Waals surface area (Å²) in [7, 11) is 0. The predicted molar refractivity (Wildman–Crippen MR) is 68.2 cm³/mol. The zero-order valence-electron chi connectivity index (χ0n) is 11.1. The van der Waals surface area contributed by atoms with Crippen LogP contribution in [0.4, 0.5) is 0 Å². The lowest BCUT2D eigenvalue weighted by Crippen LogP contribution is -2.60. The molecular weight excluding hydrogens is 232 g/mol. The summed E-state index contributed by atoms with van der Waals surface area (Å²) < 4.78 is 5.30. The Hall–Kier alpha value is -0.650. The van der Waals surface area contributed by atoms with E-state index in [1.54, 1.807) is 0 Å². The number of nitrogens with one attached hydrogen (secondary N) is 2. The van der Waals surface area contributed by atoms with Gasteiger partial charge in [-0.15, -0.1) is 0 Å². The normalized spacial score (nSPS) is 31.9. The lowest BCUT2D eigenvalue weighted by Gasteiger charge is -2.39. The molecule has 0 radical (unpaired) electrons. The highest BCUT2D eigenvalue weighted by Crippen LogP contribution is 2.22. The van der Waals surface area contributed by atoms with Crippen LogP contribution in [-0.4, -0.2) is 49.0 Å². The van der Waals surface area contributed by atoms with Gasteiger partial charge < -0.3 is 20.5 Å². The number of amides is 1. The molecule has 2 unspecified atom stereocenters. The zero-order chi connectivity index (χ0) is 13.0. The molecule has 0 aliphatic carbocycles. The molecule has 2 saturated heterocycles. The van der Waals surface area contributed by atoms with Crippen LogP contribution in [-0.2, 0) is 9.53 Å². The van der Waals surface area contributed by atoms with Crippen LogP contribution in [0.5, 0.6) is 0 Å². The summed E-state index contributed by atoms with van der Waals surface area (Å²) in [6.45, 7) is 4.20. The molecule has 2 aliphatic rings. The Morgan fingerprint density at radius 2 is 2.22 bits per heavy atom. The summed E-state index contributed by atoms with van der Waals surface area (Å²) in [5.41, 5.74) is -0.478. The molecule has 0 spiro atoms. The number of aliphatic hydroxyl groups excluding tert-OH is 1. The first-order valence-electron chi connectivity index (χ1n) is 6.91. The van der Waals surface area contributed by atoms with Gasteiger partial charge in [0.25, 0.3) is 0 Å². The van der Waals surface area contributed by atoms with Crippen molar-refractivity contribution in [2.45, 2.75) is 44.2 Å². The third-order valence-electron chi connectivity index (χ3n) is 4.19. The molecule has 5 heteroatoms. The van der Waals surface area contributed by atoms with Gasteiger partial charge in [-0.05, 0) is 38.1 Å². The Morgan fingerprint density at radius 1 is 1.50 bits per heavy atom. The Morgan fingerprint density at radius 3 is 2.83 bits per heavy atom. The first-order chi connectivity index (χ1) is 8.67. The Bertz CT molecular complexity index is 290. The molecule has 0 bridgehead atoms. The van der Waals surface area contributed by atoms with Crippen molar-refractivity contribution < 1.29 is 14.6 Å². The van der Waals surface area contributed by atoms with E-state index in [0.29, 0.717) is 32.0 Å². The molecule has 3 N–H and O–H groups in total. The minimum absolute atomic E-state index is 0.0107. The monoisotopic (exact) mass is 256 g/mol. The highest BCUT2D eigenvalue weighted by molar-refractivity contribution is 5.83. The van der Waals surface area contributed by atoms with E-state index in [1.807, 2.05) is 0 Å². The Kier molecular flexibility index (Phi) is 4.59. The molecule has 2 heterocycles. The molecule has 2 aliphatic heterocycles. The topological polar surface area (TPSA) is 70.6 Å². The minimum Gasteiger partial charge on any atom is -0.394 e. The number of piperidine rings is 1. The second-order valence-electron chi connectivity index (χ2n) is 5.59. The van der Waals surface area contributed by atoms with Gasteiger partial charge in [-0.2, -0.15) is 0 Å². The summed E-state index contributed by atoms with van der Waals surface area (Å²) in [5.74, 6) is 0.382. The lowest BCUT2D eigenvalue weighted by atomic mass is 9.88. The van der Waals surface area contributed by atoms with Crippen LogP contribution in [0.1, 0.15) is 32.6 Å². The number of hydrogen-bond donors (Lipinski definition) is 3. The quantitative estimate of drug-likeness (QED) is 0.666. The molecule has 18 heavy (non-hydrogen) atoms. The van der Waals surface area contributed by atoms with E-state index in [4.69, 9.17) is 4.74 Å². The van der Waals surface area contributed by atoms with Crippen molar-refractivity contribution in [2.75, 3.05) is 26.4 Å². The van der Waals surface area contributed by atoms with Crippen LogP contribution < -0.4 is 10.6 Å². The third kappa shape index (κ3) is 3.02. The highest BCUT2D eigenvalue weighted by Gasteiger charge is 2.37. The number of hydrogen-bond acceptors (Lipinski definition) is 4. The van der Waals surface area contributed by atoms with Gasteiger partial charge in [-0.3, -0.25) is 4.79 Å². The fourth-order valence-corrected chi connectivity index (χ4v) is 2.82. The van der Waals surface area contributed by atoms with Crippen molar-refractivity contribution in [1.82, 2.24) is 10.6 Å². The predicted octanol–water partition coefficient (Wildman–Crippen LogP) is 0.0322. The maximum atomic E-state index is 12.3. The SMILES string of the molecule is CC1CCCNC1C(=O)NC1(CO)CCOCC1. The van der Waals surface area contributed by atoms with Gasteiger partial charge in [-0.1, -0.05) is 6.92 Å². The Balaban J connectivity index is 1.95. The first kappa shape index (κ1) is 13.8. The van der Waals surface area contributed by atoms with Crippen LogP contribution in [0.25, 0.3) is 0 Å². The van der Waals surface area contributed by atoms with Gasteiger partial charge >= 0.3 is 0 Å². The molecule has 104 valence electrons. The molecule has 1 amide bonds. The van der Waals surface area contributed by atoms with Gasteiger partial charge in [0.2, 0.25) is 5.91 Å². The number of rotatable bonds is 3. The van der Waals surface area contributed by atoms with E-state index in [9.17, 15) is 9.90 Å². The second-order valence-corrected chi connectivity index (χ2v) is 5.59. The summed E-state index contributed by atoms with van der Waals surface area (Å²) in [5, 5.41) is 15.9. The maximum Gasteiger partial charge on any atom is 0.237 e. The average molecular weight is 256 g/mol. The van der Waals surface area contributed by atoms with Crippen LogP contribution in [0.3, 0.4) is 0 Å². The average Bonchev–Trinajstić information content (AvgIpc) is 2.40. The fourth-order valence-electron chi connectivity index (χ4n) is 2.82. The van der Waals surface area contributed by atoms with Crippen LogP contribution in [0, 0.1) is 5.92 Å². The smallest absolute Gasteiger partial charge is 0.237 e. The van der Waals surface area contributed by atoms with Crippen LogP contribution >= 0.6 is 0 Å². The van der Waals surface area contributed by atoms with Crippen LogP contribution in [0.15, 0.2) is 0 Å². The van der Waals surface area contributed by atoms with Gasteiger partial charge in [0.1, 0.15) is 0 Å². The van der Waals surface area contributed by atoms with Crippen molar-refractivity contribution >= 4 is 5.91 Å². The van der Waals surface area contributed by atoms with E-state index >= 15 is 0 Å². The molecule has 0 saturated carbocycles. The number of carbonyl (C=O) groups excluding carboxylic acids is 1. The van der Waals surface area contributed by atoms with E-state index in [1.165, 1.54) is 0 Å². The second kappa shape index (κ2) is 5.99. The van der Waals surface area contributed by atoms with Gasteiger partial charge in [0, 0.05) is 13.2 Å². The van der Waals surface area contributed by atoms with Crippen LogP contribution in [0.2, 0.25) is 0 Å². The molecule has 2 fully saturated rings. The molecule has 2 rings (SSSR count). The van der Waals surface area contributed by atoms with Gasteiger partial charge in [0.05, 0.1) is 18.2 Å². The molecule has 0 aromatic rings. The minimum atomic E-state index is -0.478. The lowest BCUT2D eigenvalue weighted by molar-refractivity contribution is -0.129. The molecule has 0 aromatic heterocycles. The third-order valence-corrected chi connectivity index (χ3v) is 4.19. The first-order valence-corrected chi connectivity index (χ1v) is 6.91. The molecule has 5 nitrogen and oxygen atoms in total. The van der Waals surface area contributed by atoms with Crippen molar-refractivity contribution in [2.24, 2.45) is 5.92 Å². The number of aliphatic hydroxyl groups is 1. The summed E-state index contributed by atoms with van der Waals surface area (Å²) >= 11 is 0.